The lowest BCUT2D eigenvalue weighted by atomic mass is 9.97. The molecule has 0 saturated carbocycles. The summed E-state index contributed by atoms with van der Waals surface area (Å²) < 4.78 is 5.70. The van der Waals surface area contributed by atoms with E-state index in [1.54, 1.807) is 18.2 Å². The van der Waals surface area contributed by atoms with Crippen molar-refractivity contribution in [2.75, 3.05) is 7.11 Å². The molecule has 0 amide bonds. The van der Waals surface area contributed by atoms with Crippen LogP contribution in [-0.2, 0) is 11.2 Å². The van der Waals surface area contributed by atoms with Crippen LogP contribution in [0.5, 0.6) is 5.75 Å². The van der Waals surface area contributed by atoms with E-state index in [-0.39, 0.29) is 23.9 Å². The number of halogens is 1. The lowest BCUT2D eigenvalue weighted by Gasteiger charge is -2.33. The average molecular weight is 493 g/mol. The molecule has 0 bridgehead atoms. The number of phenols is 1. The molecule has 0 fully saturated rings. The van der Waals surface area contributed by atoms with Gasteiger partial charge in [-0.1, -0.05) is 59.3 Å². The van der Waals surface area contributed by atoms with Crippen molar-refractivity contribution in [3.63, 3.8) is 0 Å². The third-order valence-electron chi connectivity index (χ3n) is 5.64. The van der Waals surface area contributed by atoms with Gasteiger partial charge in [-0.25, -0.2) is 4.79 Å². The zero-order valence-electron chi connectivity index (χ0n) is 17.9. The molecular weight excluding hydrogens is 468 g/mol. The van der Waals surface area contributed by atoms with Crippen LogP contribution < -0.4 is 10.6 Å². The van der Waals surface area contributed by atoms with E-state index in [4.69, 9.17) is 4.74 Å². The maximum absolute atomic E-state index is 11.8. The maximum atomic E-state index is 11.8. The molecule has 2 atom stereocenters. The van der Waals surface area contributed by atoms with Gasteiger partial charge in [-0.2, -0.15) is 0 Å². The Morgan fingerprint density at radius 3 is 2.44 bits per heavy atom. The highest BCUT2D eigenvalue weighted by Gasteiger charge is 2.26. The van der Waals surface area contributed by atoms with Crippen LogP contribution in [0.3, 0.4) is 0 Å². The van der Waals surface area contributed by atoms with E-state index in [1.165, 1.54) is 12.7 Å². The standard InChI is InChI=1S/C26H25BrN2O3/c1-3-16-4-6-17(7-5-16)22-15-23(21-14-20(27)12-13-24(21)30)29-25(28-22)18-8-10-19(11-9-18)26(31)32-2/h4-15,23,25,28-30H,3H2,1-2H3. The predicted octanol–water partition coefficient (Wildman–Crippen LogP) is 5.48. The molecule has 2 unspecified atom stereocenters. The second-order valence-electron chi connectivity index (χ2n) is 7.67. The number of aromatic hydroxyl groups is 1. The van der Waals surface area contributed by atoms with Crippen LogP contribution in [0.15, 0.2) is 77.3 Å². The Morgan fingerprint density at radius 1 is 1.06 bits per heavy atom. The molecule has 1 aliphatic heterocycles. The summed E-state index contributed by atoms with van der Waals surface area (Å²) in [5, 5.41) is 17.6. The fraction of sp³-hybridized carbons (Fsp3) is 0.192. The minimum absolute atomic E-state index is 0.222. The number of rotatable bonds is 5. The maximum Gasteiger partial charge on any atom is 0.337 e. The van der Waals surface area contributed by atoms with Crippen LogP contribution in [0.1, 0.15) is 51.7 Å². The van der Waals surface area contributed by atoms with Gasteiger partial charge in [-0.15, -0.1) is 0 Å². The molecule has 3 N–H and O–H groups in total. The second-order valence-corrected chi connectivity index (χ2v) is 8.58. The lowest BCUT2D eigenvalue weighted by molar-refractivity contribution is 0.0600. The third-order valence-corrected chi connectivity index (χ3v) is 6.14. The summed E-state index contributed by atoms with van der Waals surface area (Å²) in [6.07, 6.45) is 2.84. The van der Waals surface area contributed by atoms with E-state index in [0.717, 1.165) is 33.3 Å². The SMILES string of the molecule is CCc1ccc(C2=CC(c3cc(Br)ccc3O)NC(c3ccc(C(=O)OC)cc3)N2)cc1. The first-order chi connectivity index (χ1) is 15.5. The number of hydrogen-bond acceptors (Lipinski definition) is 5. The normalized spacial score (nSPS) is 17.9. The summed E-state index contributed by atoms with van der Waals surface area (Å²) in [6, 6.07) is 21.0. The zero-order chi connectivity index (χ0) is 22.7. The number of nitrogens with one attached hydrogen (secondary N) is 2. The molecule has 0 aliphatic carbocycles. The number of methoxy groups -OCH3 is 1. The number of phenolic OH excluding ortho intramolecular Hbond substituents is 1. The highest BCUT2D eigenvalue weighted by molar-refractivity contribution is 9.10. The smallest absolute Gasteiger partial charge is 0.337 e. The minimum Gasteiger partial charge on any atom is -0.508 e. The van der Waals surface area contributed by atoms with Gasteiger partial charge in [0.1, 0.15) is 11.9 Å². The molecule has 3 aromatic rings. The molecule has 4 rings (SSSR count). The second kappa shape index (κ2) is 9.59. The topological polar surface area (TPSA) is 70.6 Å². The fourth-order valence-electron chi connectivity index (χ4n) is 3.80. The molecule has 1 heterocycles. The summed E-state index contributed by atoms with van der Waals surface area (Å²) in [5.41, 5.74) is 5.56. The van der Waals surface area contributed by atoms with Gasteiger partial charge in [0.25, 0.3) is 0 Å². The number of carbonyl (C=O) groups excluding carboxylic acids is 1. The molecule has 5 nitrogen and oxygen atoms in total. The van der Waals surface area contributed by atoms with Gasteiger partial charge in [-0.05, 0) is 59.5 Å². The summed E-state index contributed by atoms with van der Waals surface area (Å²) in [7, 11) is 1.37. The Morgan fingerprint density at radius 2 is 1.78 bits per heavy atom. The van der Waals surface area contributed by atoms with Gasteiger partial charge in [0.05, 0.1) is 18.7 Å². The number of esters is 1. The highest BCUT2D eigenvalue weighted by Crippen LogP contribution is 2.34. The average Bonchev–Trinajstić information content (AvgIpc) is 2.85. The quantitative estimate of drug-likeness (QED) is 0.411. The van der Waals surface area contributed by atoms with Crippen LogP contribution in [0.25, 0.3) is 5.70 Å². The zero-order valence-corrected chi connectivity index (χ0v) is 19.5. The number of carbonyl (C=O) groups is 1. The van der Waals surface area contributed by atoms with E-state index >= 15 is 0 Å². The Hall–Kier alpha value is -3.09. The van der Waals surface area contributed by atoms with E-state index in [0.29, 0.717) is 5.56 Å². The monoisotopic (exact) mass is 492 g/mol. The van der Waals surface area contributed by atoms with Crippen molar-refractivity contribution in [2.24, 2.45) is 0 Å². The largest absolute Gasteiger partial charge is 0.508 e. The van der Waals surface area contributed by atoms with Crippen LogP contribution in [0.2, 0.25) is 0 Å². The number of ether oxygens (including phenoxy) is 1. The van der Waals surface area contributed by atoms with Gasteiger partial charge < -0.3 is 15.2 Å². The first kappa shape index (κ1) is 22.1. The molecule has 0 radical (unpaired) electrons. The van der Waals surface area contributed by atoms with E-state index in [9.17, 15) is 9.90 Å². The fourth-order valence-corrected chi connectivity index (χ4v) is 4.18. The minimum atomic E-state index is -0.366. The van der Waals surface area contributed by atoms with E-state index in [2.05, 4.69) is 63.8 Å². The van der Waals surface area contributed by atoms with Crippen LogP contribution in [-0.4, -0.2) is 18.2 Å². The van der Waals surface area contributed by atoms with Crippen LogP contribution in [0.4, 0.5) is 0 Å². The molecule has 164 valence electrons. The summed E-state index contributed by atoms with van der Waals surface area (Å²) in [4.78, 5) is 11.8. The van der Waals surface area contributed by atoms with Gasteiger partial charge >= 0.3 is 5.97 Å². The van der Waals surface area contributed by atoms with Crippen molar-refractivity contribution in [1.29, 1.82) is 0 Å². The number of aryl methyl sites for hydroxylation is 1. The highest BCUT2D eigenvalue weighted by atomic mass is 79.9. The Labute approximate surface area is 196 Å². The van der Waals surface area contributed by atoms with Crippen LogP contribution in [0, 0.1) is 0 Å². The van der Waals surface area contributed by atoms with Crippen molar-refractivity contribution in [3.8, 4) is 5.75 Å². The van der Waals surface area contributed by atoms with Crippen LogP contribution >= 0.6 is 15.9 Å². The summed E-state index contributed by atoms with van der Waals surface area (Å²) in [5.74, 6) is -0.140. The van der Waals surface area contributed by atoms with Crippen molar-refractivity contribution in [1.82, 2.24) is 10.6 Å². The number of hydrogen-bond donors (Lipinski definition) is 3. The molecule has 1 aliphatic rings. The van der Waals surface area contributed by atoms with Gasteiger partial charge in [0.2, 0.25) is 0 Å². The lowest BCUT2D eigenvalue weighted by Crippen LogP contribution is -2.39. The molecule has 0 spiro atoms. The van der Waals surface area contributed by atoms with Gasteiger partial charge in [0.15, 0.2) is 0 Å². The molecule has 32 heavy (non-hydrogen) atoms. The van der Waals surface area contributed by atoms with Gasteiger partial charge in [-0.3, -0.25) is 5.32 Å². The number of benzene rings is 3. The Balaban J connectivity index is 1.72. The Bertz CT molecular complexity index is 1140. The molecule has 3 aromatic carbocycles. The van der Waals surface area contributed by atoms with Gasteiger partial charge in [0, 0.05) is 15.7 Å². The molecule has 6 heteroatoms. The Kier molecular flexibility index (Phi) is 6.63. The van der Waals surface area contributed by atoms with Crippen molar-refractivity contribution >= 4 is 27.6 Å². The van der Waals surface area contributed by atoms with E-state index in [1.807, 2.05) is 24.3 Å². The molecular formula is C26H25BrN2O3. The van der Waals surface area contributed by atoms with Crippen molar-refractivity contribution in [2.45, 2.75) is 25.6 Å². The first-order valence-corrected chi connectivity index (χ1v) is 11.3. The predicted molar refractivity (Wildman–Crippen MR) is 129 cm³/mol. The molecule has 0 aromatic heterocycles. The first-order valence-electron chi connectivity index (χ1n) is 10.5. The third kappa shape index (κ3) is 4.71. The molecule has 0 saturated heterocycles. The van der Waals surface area contributed by atoms with Crippen molar-refractivity contribution < 1.29 is 14.6 Å². The van der Waals surface area contributed by atoms with E-state index < -0.39 is 0 Å². The van der Waals surface area contributed by atoms with Crippen molar-refractivity contribution in [3.05, 3.63) is 105 Å². The summed E-state index contributed by atoms with van der Waals surface area (Å²) in [6.45, 7) is 2.14. The summed E-state index contributed by atoms with van der Waals surface area (Å²) >= 11 is 3.51.